The maximum Gasteiger partial charge on any atom is 0.289 e. The van der Waals surface area contributed by atoms with E-state index in [9.17, 15) is 4.79 Å². The van der Waals surface area contributed by atoms with Gasteiger partial charge in [-0.1, -0.05) is 17.8 Å². The van der Waals surface area contributed by atoms with Crippen molar-refractivity contribution in [3.8, 4) is 0 Å². The third kappa shape index (κ3) is 4.20. The number of nitrogens with zero attached hydrogens (tertiary/aromatic N) is 4. The van der Waals surface area contributed by atoms with Gasteiger partial charge in [-0.25, -0.2) is 9.97 Å². The Morgan fingerprint density at radius 2 is 2.00 bits per heavy atom. The molecule has 0 fully saturated rings. The van der Waals surface area contributed by atoms with Crippen molar-refractivity contribution in [2.24, 2.45) is 0 Å². The molecule has 0 aromatic carbocycles. The van der Waals surface area contributed by atoms with Gasteiger partial charge in [0.05, 0.1) is 5.75 Å². The van der Waals surface area contributed by atoms with E-state index in [4.69, 9.17) is 4.42 Å². The summed E-state index contributed by atoms with van der Waals surface area (Å²) in [4.78, 5) is 26.4. The summed E-state index contributed by atoms with van der Waals surface area (Å²) in [7, 11) is 1.74. The van der Waals surface area contributed by atoms with Crippen molar-refractivity contribution in [1.82, 2.24) is 19.9 Å². The van der Waals surface area contributed by atoms with Gasteiger partial charge in [0.2, 0.25) is 0 Å². The van der Waals surface area contributed by atoms with E-state index >= 15 is 0 Å². The Balaban J connectivity index is 1.59. The summed E-state index contributed by atoms with van der Waals surface area (Å²) in [6.45, 7) is 0.481. The van der Waals surface area contributed by atoms with Gasteiger partial charge >= 0.3 is 0 Å². The molecule has 3 rings (SSSR count). The van der Waals surface area contributed by atoms with Crippen molar-refractivity contribution in [2.75, 3.05) is 7.05 Å². The van der Waals surface area contributed by atoms with Crippen LogP contribution in [0.1, 0.15) is 21.9 Å². The number of hydrogen-bond acceptors (Lipinski definition) is 6. The van der Waals surface area contributed by atoms with Crippen LogP contribution in [0.3, 0.4) is 0 Å². The summed E-state index contributed by atoms with van der Waals surface area (Å²) in [5.74, 6) is 1.45. The second-order valence-electron chi connectivity index (χ2n) is 5.11. The number of carbonyl (C=O) groups excluding carboxylic acids is 1. The molecule has 3 aromatic rings. The summed E-state index contributed by atoms with van der Waals surface area (Å²) in [6.07, 6.45) is 6.84. The molecule has 3 aromatic heterocycles. The number of pyridine rings is 1. The fourth-order valence-electron chi connectivity index (χ4n) is 2.09. The molecule has 7 heteroatoms. The third-order valence-corrected chi connectivity index (χ3v) is 4.15. The minimum Gasteiger partial charge on any atom is -0.455 e. The second-order valence-corrected chi connectivity index (χ2v) is 6.05. The Hall–Kier alpha value is -2.67. The normalized spacial score (nSPS) is 10.5. The predicted molar refractivity (Wildman–Crippen MR) is 90.3 cm³/mol. The van der Waals surface area contributed by atoms with Crippen molar-refractivity contribution >= 4 is 17.7 Å². The smallest absolute Gasteiger partial charge is 0.289 e. The molecule has 0 atom stereocenters. The van der Waals surface area contributed by atoms with Crippen LogP contribution in [0.25, 0.3) is 0 Å². The number of furan rings is 1. The molecule has 3 heterocycles. The molecule has 0 saturated heterocycles. The van der Waals surface area contributed by atoms with E-state index in [2.05, 4.69) is 15.0 Å². The zero-order valence-corrected chi connectivity index (χ0v) is 13.9. The van der Waals surface area contributed by atoms with Crippen LogP contribution >= 0.6 is 11.8 Å². The monoisotopic (exact) mass is 340 g/mol. The van der Waals surface area contributed by atoms with E-state index in [-0.39, 0.29) is 5.91 Å². The average molecular weight is 340 g/mol. The summed E-state index contributed by atoms with van der Waals surface area (Å²) < 4.78 is 5.64. The Morgan fingerprint density at radius 3 is 2.75 bits per heavy atom. The van der Waals surface area contributed by atoms with Crippen LogP contribution in [0.15, 0.2) is 64.7 Å². The molecule has 24 heavy (non-hydrogen) atoms. The molecule has 0 aliphatic rings. The molecular formula is C17H16N4O2S. The van der Waals surface area contributed by atoms with E-state index in [1.165, 1.54) is 11.8 Å². The molecule has 0 aliphatic carbocycles. The van der Waals surface area contributed by atoms with Crippen molar-refractivity contribution in [2.45, 2.75) is 17.5 Å². The summed E-state index contributed by atoms with van der Waals surface area (Å²) in [5, 5.41) is 0.676. The highest BCUT2D eigenvalue weighted by atomic mass is 32.2. The highest BCUT2D eigenvalue weighted by Crippen LogP contribution is 2.21. The zero-order chi connectivity index (χ0) is 16.8. The summed E-state index contributed by atoms with van der Waals surface area (Å²) in [6, 6.07) is 9.05. The molecule has 0 N–H and O–H groups in total. The van der Waals surface area contributed by atoms with E-state index in [1.54, 1.807) is 54.9 Å². The zero-order valence-electron chi connectivity index (χ0n) is 13.1. The lowest BCUT2D eigenvalue weighted by Crippen LogP contribution is -2.25. The maximum atomic E-state index is 12.4. The van der Waals surface area contributed by atoms with E-state index < -0.39 is 0 Å². The van der Waals surface area contributed by atoms with Crippen LogP contribution in [0.2, 0.25) is 0 Å². The van der Waals surface area contributed by atoms with Crippen LogP contribution in [0.4, 0.5) is 0 Å². The Bertz CT molecular complexity index is 793. The first-order chi connectivity index (χ1) is 11.7. The standard InChI is InChI=1S/C17H16N4O2S/c1-21(11-13-4-2-7-18-10-13)16(22)15-6-5-14(23-15)12-24-17-19-8-3-9-20-17/h2-10H,11-12H2,1H3. The van der Waals surface area contributed by atoms with Gasteiger partial charge in [0.25, 0.3) is 5.91 Å². The maximum absolute atomic E-state index is 12.4. The highest BCUT2D eigenvalue weighted by molar-refractivity contribution is 7.98. The van der Waals surface area contributed by atoms with Crippen molar-refractivity contribution in [3.05, 3.63) is 72.2 Å². The van der Waals surface area contributed by atoms with Crippen molar-refractivity contribution in [3.63, 3.8) is 0 Å². The van der Waals surface area contributed by atoms with Gasteiger partial charge in [-0.2, -0.15) is 0 Å². The first-order valence-electron chi connectivity index (χ1n) is 7.35. The summed E-state index contributed by atoms with van der Waals surface area (Å²) in [5.41, 5.74) is 0.969. The number of hydrogen-bond donors (Lipinski definition) is 0. The molecule has 0 saturated carbocycles. The lowest BCUT2D eigenvalue weighted by Gasteiger charge is -2.15. The molecule has 122 valence electrons. The minimum atomic E-state index is -0.161. The Labute approximate surface area is 144 Å². The Morgan fingerprint density at radius 1 is 1.17 bits per heavy atom. The van der Waals surface area contributed by atoms with Gasteiger partial charge in [0.1, 0.15) is 5.76 Å². The lowest BCUT2D eigenvalue weighted by atomic mass is 10.2. The largest absolute Gasteiger partial charge is 0.455 e. The van der Waals surface area contributed by atoms with Crippen LogP contribution in [0, 0.1) is 0 Å². The predicted octanol–water partition coefficient (Wildman–Crippen LogP) is 3.03. The van der Waals surface area contributed by atoms with E-state index in [1.807, 2.05) is 12.1 Å². The van der Waals surface area contributed by atoms with Gasteiger partial charge in [-0.05, 0) is 29.8 Å². The van der Waals surface area contributed by atoms with Gasteiger partial charge < -0.3 is 9.32 Å². The van der Waals surface area contributed by atoms with Gasteiger partial charge in [0, 0.05) is 38.4 Å². The number of aromatic nitrogens is 3. The lowest BCUT2D eigenvalue weighted by molar-refractivity contribution is 0.0752. The van der Waals surface area contributed by atoms with Crippen molar-refractivity contribution in [1.29, 1.82) is 0 Å². The van der Waals surface area contributed by atoms with Crippen LogP contribution in [-0.2, 0) is 12.3 Å². The van der Waals surface area contributed by atoms with Gasteiger partial charge in [-0.15, -0.1) is 0 Å². The van der Waals surface area contributed by atoms with Crippen LogP contribution in [-0.4, -0.2) is 32.8 Å². The Kier molecular flexibility index (Phi) is 5.22. The van der Waals surface area contributed by atoms with Gasteiger partial charge in [-0.3, -0.25) is 9.78 Å². The fraction of sp³-hybridized carbons (Fsp3) is 0.176. The second kappa shape index (κ2) is 7.74. The topological polar surface area (TPSA) is 72.1 Å². The fourth-order valence-corrected chi connectivity index (χ4v) is 2.79. The van der Waals surface area contributed by atoms with Crippen LogP contribution in [0.5, 0.6) is 0 Å². The minimum absolute atomic E-state index is 0.161. The number of thioether (sulfide) groups is 1. The quantitative estimate of drug-likeness (QED) is 0.507. The molecule has 0 radical (unpaired) electrons. The average Bonchev–Trinajstić information content (AvgIpc) is 3.10. The third-order valence-electron chi connectivity index (χ3n) is 3.25. The van der Waals surface area contributed by atoms with Crippen molar-refractivity contribution < 1.29 is 9.21 Å². The first kappa shape index (κ1) is 16.2. The number of carbonyl (C=O) groups is 1. The van der Waals surface area contributed by atoms with E-state index in [0.717, 1.165) is 5.56 Å². The molecule has 0 spiro atoms. The number of rotatable bonds is 6. The number of amides is 1. The molecule has 0 aliphatic heterocycles. The molecular weight excluding hydrogens is 324 g/mol. The van der Waals surface area contributed by atoms with Crippen LogP contribution < -0.4 is 0 Å². The highest BCUT2D eigenvalue weighted by Gasteiger charge is 2.16. The molecule has 0 unspecified atom stereocenters. The SMILES string of the molecule is CN(Cc1cccnc1)C(=O)c1ccc(CSc2ncccn2)o1. The molecule has 6 nitrogen and oxygen atoms in total. The van der Waals surface area contributed by atoms with E-state index in [0.29, 0.717) is 29.0 Å². The first-order valence-corrected chi connectivity index (χ1v) is 8.34. The van der Waals surface area contributed by atoms with Gasteiger partial charge in [0.15, 0.2) is 10.9 Å². The molecule has 0 bridgehead atoms. The summed E-state index contributed by atoms with van der Waals surface area (Å²) >= 11 is 1.46. The molecule has 1 amide bonds.